The quantitative estimate of drug-likeness (QED) is 0.720. The van der Waals surface area contributed by atoms with Crippen LogP contribution in [0.25, 0.3) is 0 Å². The predicted molar refractivity (Wildman–Crippen MR) is 90.0 cm³/mol. The highest BCUT2D eigenvalue weighted by Crippen LogP contribution is 2.11. The highest BCUT2D eigenvalue weighted by molar-refractivity contribution is 7.89. The summed E-state index contributed by atoms with van der Waals surface area (Å²) in [6.07, 6.45) is 0.750. The van der Waals surface area contributed by atoms with Crippen LogP contribution in [0.1, 0.15) is 17.8 Å². The van der Waals surface area contributed by atoms with Crippen LogP contribution in [-0.4, -0.2) is 79.6 Å². The second kappa shape index (κ2) is 7.74. The van der Waals surface area contributed by atoms with Crippen molar-refractivity contribution in [3.05, 3.63) is 17.5 Å². The van der Waals surface area contributed by atoms with Gasteiger partial charge in [0.1, 0.15) is 0 Å². The van der Waals surface area contributed by atoms with Gasteiger partial charge in [0.15, 0.2) is 0 Å². The van der Waals surface area contributed by atoms with Crippen molar-refractivity contribution in [2.24, 2.45) is 0 Å². The molecule has 2 heterocycles. The molecule has 1 fully saturated rings. The third-order valence-corrected chi connectivity index (χ3v) is 6.05. The average Bonchev–Trinajstić information content (AvgIpc) is 2.77. The van der Waals surface area contributed by atoms with Crippen LogP contribution in [0.2, 0.25) is 0 Å². The smallest absolute Gasteiger partial charge is 0.213 e. The van der Waals surface area contributed by atoms with Crippen molar-refractivity contribution >= 4 is 10.0 Å². The number of sulfonamides is 1. The summed E-state index contributed by atoms with van der Waals surface area (Å²) in [4.78, 5) is 2.28. The highest BCUT2D eigenvalue weighted by atomic mass is 32.2. The molecular weight excluding hydrogens is 316 g/mol. The summed E-state index contributed by atoms with van der Waals surface area (Å²) in [5.41, 5.74) is 2.16. The molecule has 1 aliphatic rings. The molecule has 0 radical (unpaired) electrons. The molecule has 0 saturated carbocycles. The molecule has 2 rings (SSSR count). The maximum Gasteiger partial charge on any atom is 0.213 e. The van der Waals surface area contributed by atoms with Crippen LogP contribution in [-0.2, 0) is 21.3 Å². The first kappa shape index (κ1) is 18.4. The monoisotopic (exact) mass is 344 g/mol. The fourth-order valence-electron chi connectivity index (χ4n) is 2.80. The van der Waals surface area contributed by atoms with Crippen LogP contribution in [0.15, 0.2) is 6.07 Å². The SMILES string of the molecule is Cc1cc(C)n(CC2CN(CCCS(=O)(=O)N(C)C)CCO2)n1. The molecule has 8 heteroatoms. The third-order valence-electron chi connectivity index (χ3n) is 4.14. The van der Waals surface area contributed by atoms with Crippen molar-refractivity contribution in [3.63, 3.8) is 0 Å². The number of nitrogens with zero attached hydrogens (tertiary/aromatic N) is 4. The summed E-state index contributed by atoms with van der Waals surface area (Å²) in [5, 5.41) is 4.48. The molecule has 0 amide bonds. The number of aromatic nitrogens is 2. The minimum atomic E-state index is -3.10. The van der Waals surface area contributed by atoms with Crippen LogP contribution in [0.3, 0.4) is 0 Å². The van der Waals surface area contributed by atoms with Crippen LogP contribution in [0.4, 0.5) is 0 Å². The Balaban J connectivity index is 1.80. The fraction of sp³-hybridized carbons (Fsp3) is 0.800. The fourth-order valence-corrected chi connectivity index (χ4v) is 3.66. The zero-order valence-electron chi connectivity index (χ0n) is 14.5. The summed E-state index contributed by atoms with van der Waals surface area (Å²) in [6.45, 7) is 7.92. The lowest BCUT2D eigenvalue weighted by atomic mass is 10.2. The molecular formula is C15H28N4O3S. The summed E-state index contributed by atoms with van der Waals surface area (Å²) in [7, 11) is 0.0531. The van der Waals surface area contributed by atoms with E-state index in [0.29, 0.717) is 13.0 Å². The van der Waals surface area contributed by atoms with Crippen LogP contribution in [0, 0.1) is 13.8 Å². The van der Waals surface area contributed by atoms with Crippen LogP contribution >= 0.6 is 0 Å². The van der Waals surface area contributed by atoms with Crippen molar-refractivity contribution in [1.29, 1.82) is 0 Å². The van der Waals surface area contributed by atoms with Crippen LogP contribution in [0.5, 0.6) is 0 Å². The lowest BCUT2D eigenvalue weighted by Crippen LogP contribution is -2.45. The van der Waals surface area contributed by atoms with E-state index in [1.807, 2.05) is 18.5 Å². The first-order chi connectivity index (χ1) is 10.8. The van der Waals surface area contributed by atoms with Gasteiger partial charge in [0.2, 0.25) is 10.0 Å². The van der Waals surface area contributed by atoms with E-state index < -0.39 is 10.0 Å². The van der Waals surface area contributed by atoms with Gasteiger partial charge in [-0.3, -0.25) is 9.58 Å². The van der Waals surface area contributed by atoms with Crippen LogP contribution < -0.4 is 0 Å². The standard InChI is InChI=1S/C15H28N4O3S/c1-13-10-14(2)19(16-13)12-15-11-18(7-8-22-15)6-5-9-23(20,21)17(3)4/h10,15H,5-9,11-12H2,1-4H3. The predicted octanol–water partition coefficient (Wildman–Crippen LogP) is 0.482. The number of rotatable bonds is 7. The molecule has 1 aromatic heterocycles. The van der Waals surface area contributed by atoms with Gasteiger partial charge in [-0.05, 0) is 32.9 Å². The van der Waals surface area contributed by atoms with Crippen molar-refractivity contribution in [3.8, 4) is 0 Å². The average molecular weight is 344 g/mol. The molecule has 7 nitrogen and oxygen atoms in total. The first-order valence-corrected chi connectivity index (χ1v) is 9.64. The second-order valence-electron chi connectivity index (χ2n) is 6.35. The van der Waals surface area contributed by atoms with Gasteiger partial charge in [0.25, 0.3) is 0 Å². The number of hydrogen-bond donors (Lipinski definition) is 0. The van der Waals surface area contributed by atoms with Gasteiger partial charge in [-0.15, -0.1) is 0 Å². The van der Waals surface area contributed by atoms with Crippen molar-refractivity contribution in [1.82, 2.24) is 19.0 Å². The largest absolute Gasteiger partial charge is 0.374 e. The number of morpholine rings is 1. The summed E-state index contributed by atoms with van der Waals surface area (Å²) < 4.78 is 32.7. The van der Waals surface area contributed by atoms with E-state index in [0.717, 1.165) is 37.6 Å². The van der Waals surface area contributed by atoms with E-state index in [1.54, 1.807) is 14.1 Å². The molecule has 0 aliphatic carbocycles. The van der Waals surface area contributed by atoms with Gasteiger partial charge in [0.05, 0.1) is 30.7 Å². The van der Waals surface area contributed by atoms with Gasteiger partial charge >= 0.3 is 0 Å². The van der Waals surface area contributed by atoms with Crippen molar-refractivity contribution < 1.29 is 13.2 Å². The molecule has 1 aromatic rings. The maximum atomic E-state index is 11.8. The Morgan fingerprint density at radius 2 is 2.13 bits per heavy atom. The minimum absolute atomic E-state index is 0.104. The zero-order valence-corrected chi connectivity index (χ0v) is 15.3. The lowest BCUT2D eigenvalue weighted by Gasteiger charge is -2.33. The Bertz CT molecular complexity index is 612. The van der Waals surface area contributed by atoms with Crippen molar-refractivity contribution in [2.75, 3.05) is 46.1 Å². The van der Waals surface area contributed by atoms with Gasteiger partial charge in [0, 0.05) is 32.9 Å². The summed E-state index contributed by atoms with van der Waals surface area (Å²) in [5.74, 6) is 0.194. The Kier molecular flexibility index (Phi) is 6.19. The van der Waals surface area contributed by atoms with E-state index in [2.05, 4.69) is 16.1 Å². The summed E-state index contributed by atoms with van der Waals surface area (Å²) in [6, 6.07) is 2.06. The van der Waals surface area contributed by atoms with Gasteiger partial charge < -0.3 is 4.74 Å². The molecule has 1 saturated heterocycles. The number of aryl methyl sites for hydroxylation is 2. The van der Waals surface area contributed by atoms with Crippen molar-refractivity contribution in [2.45, 2.75) is 32.9 Å². The van der Waals surface area contributed by atoms with E-state index in [-0.39, 0.29) is 11.9 Å². The highest BCUT2D eigenvalue weighted by Gasteiger charge is 2.22. The number of hydrogen-bond acceptors (Lipinski definition) is 5. The number of ether oxygens (including phenoxy) is 1. The van der Waals surface area contributed by atoms with E-state index in [9.17, 15) is 8.42 Å². The molecule has 0 aromatic carbocycles. The molecule has 23 heavy (non-hydrogen) atoms. The third kappa shape index (κ3) is 5.27. The topological polar surface area (TPSA) is 67.7 Å². The minimum Gasteiger partial charge on any atom is -0.374 e. The zero-order chi connectivity index (χ0) is 17.0. The maximum absolute atomic E-state index is 11.8. The Hall–Kier alpha value is -0.960. The molecule has 0 spiro atoms. The molecule has 0 bridgehead atoms. The summed E-state index contributed by atoms with van der Waals surface area (Å²) >= 11 is 0. The molecule has 0 N–H and O–H groups in total. The molecule has 132 valence electrons. The second-order valence-corrected chi connectivity index (χ2v) is 8.66. The Morgan fingerprint density at radius 1 is 1.39 bits per heavy atom. The molecule has 1 unspecified atom stereocenters. The van der Waals surface area contributed by atoms with Gasteiger partial charge in [-0.1, -0.05) is 0 Å². The van der Waals surface area contributed by atoms with E-state index >= 15 is 0 Å². The Morgan fingerprint density at radius 3 is 2.74 bits per heavy atom. The molecule has 1 aliphatic heterocycles. The Labute approximate surface area is 139 Å². The van der Waals surface area contributed by atoms with Gasteiger partial charge in [-0.2, -0.15) is 5.10 Å². The van der Waals surface area contributed by atoms with E-state index in [1.165, 1.54) is 4.31 Å². The van der Waals surface area contributed by atoms with Gasteiger partial charge in [-0.25, -0.2) is 12.7 Å². The lowest BCUT2D eigenvalue weighted by molar-refractivity contribution is -0.0375. The normalized spacial score (nSPS) is 20.3. The molecule has 1 atom stereocenters. The van der Waals surface area contributed by atoms with E-state index in [4.69, 9.17) is 4.74 Å². The first-order valence-electron chi connectivity index (χ1n) is 8.03.